The Kier molecular flexibility index (Phi) is 7.73. The van der Waals surface area contributed by atoms with E-state index in [1.165, 1.54) is 0 Å². The van der Waals surface area contributed by atoms with Crippen molar-refractivity contribution in [3.63, 3.8) is 0 Å². The Balaban J connectivity index is 1.87. The minimum Gasteiger partial charge on any atom is -0.478 e. The van der Waals surface area contributed by atoms with E-state index in [4.69, 9.17) is 16.3 Å². The molecule has 0 saturated carbocycles. The lowest BCUT2D eigenvalue weighted by molar-refractivity contribution is -0.132. The lowest BCUT2D eigenvalue weighted by atomic mass is 10.1. The summed E-state index contributed by atoms with van der Waals surface area (Å²) in [4.78, 5) is 27.2. The van der Waals surface area contributed by atoms with Gasteiger partial charge in [-0.3, -0.25) is 0 Å². The van der Waals surface area contributed by atoms with E-state index in [0.29, 0.717) is 43.2 Å². The molecule has 0 spiro atoms. The van der Waals surface area contributed by atoms with Crippen LogP contribution < -0.4 is 0 Å². The van der Waals surface area contributed by atoms with Crippen LogP contribution in [0.4, 0.5) is 4.79 Å². The van der Waals surface area contributed by atoms with Gasteiger partial charge in [0.05, 0.1) is 0 Å². The smallest absolute Gasteiger partial charge is 0.410 e. The number of halogens is 1. The maximum absolute atomic E-state index is 12.3. The van der Waals surface area contributed by atoms with Crippen molar-refractivity contribution >= 4 is 23.7 Å². The molecule has 0 radical (unpaired) electrons. The molecule has 2 rings (SSSR count). The van der Waals surface area contributed by atoms with Crippen LogP contribution in [0, 0.1) is 0 Å². The summed E-state index contributed by atoms with van der Waals surface area (Å²) in [5.41, 5.74) is 2.12. The molecule has 0 aromatic heterocycles. The van der Waals surface area contributed by atoms with Crippen molar-refractivity contribution in [1.29, 1.82) is 0 Å². The monoisotopic (exact) mass is 392 g/mol. The second-order valence-electron chi connectivity index (χ2n) is 6.20. The summed E-state index contributed by atoms with van der Waals surface area (Å²) in [6.45, 7) is 6.22. The molecule has 1 aliphatic rings. The van der Waals surface area contributed by atoms with Gasteiger partial charge in [-0.2, -0.15) is 0 Å². The van der Waals surface area contributed by atoms with Gasteiger partial charge in [0, 0.05) is 42.5 Å². The molecule has 1 aromatic rings. The van der Waals surface area contributed by atoms with Gasteiger partial charge in [-0.1, -0.05) is 36.7 Å². The fourth-order valence-corrected chi connectivity index (χ4v) is 2.94. The van der Waals surface area contributed by atoms with Gasteiger partial charge in [0.1, 0.15) is 6.61 Å². The van der Waals surface area contributed by atoms with E-state index >= 15 is 0 Å². The Hall–Kier alpha value is -2.47. The number of hydrogen-bond donors (Lipinski definition) is 1. The highest BCUT2D eigenvalue weighted by Gasteiger charge is 2.23. The fraction of sp³-hybridized carbons (Fsp3) is 0.400. The molecule has 1 saturated heterocycles. The van der Waals surface area contributed by atoms with Gasteiger partial charge >= 0.3 is 12.1 Å². The summed E-state index contributed by atoms with van der Waals surface area (Å²) in [7, 11) is 0. The number of hydrogen-bond acceptors (Lipinski definition) is 4. The number of aliphatic carboxylic acids is 1. The first kappa shape index (κ1) is 20.8. The average molecular weight is 393 g/mol. The van der Waals surface area contributed by atoms with Gasteiger partial charge in [0.15, 0.2) is 0 Å². The van der Waals surface area contributed by atoms with Crippen LogP contribution >= 0.6 is 11.6 Å². The molecule has 7 heteroatoms. The zero-order valence-corrected chi connectivity index (χ0v) is 16.4. The Morgan fingerprint density at radius 3 is 2.26 bits per heavy atom. The van der Waals surface area contributed by atoms with Crippen molar-refractivity contribution in [3.05, 3.63) is 58.3 Å². The van der Waals surface area contributed by atoms with Crippen molar-refractivity contribution in [2.45, 2.75) is 26.9 Å². The zero-order chi connectivity index (χ0) is 19.8. The Bertz CT molecular complexity index is 720. The van der Waals surface area contributed by atoms with Crippen LogP contribution in [0.5, 0.6) is 0 Å². The van der Waals surface area contributed by atoms with Gasteiger partial charge in [-0.25, -0.2) is 9.59 Å². The number of benzene rings is 1. The van der Waals surface area contributed by atoms with Crippen LogP contribution in [-0.4, -0.2) is 53.1 Å². The maximum atomic E-state index is 12.3. The second-order valence-corrected chi connectivity index (χ2v) is 6.63. The van der Waals surface area contributed by atoms with Crippen molar-refractivity contribution in [2.24, 2.45) is 0 Å². The fourth-order valence-electron chi connectivity index (χ4n) is 2.81. The standard InChI is InChI=1S/C20H25ClN2O4/c1-3-16(19(24)25)13-18(4-2)22-9-11-23(12-10-22)20(26)27-14-15-5-7-17(21)8-6-15/h4-8,13H,3,9-12,14H2,1-2H3,(H,24,25)/b16-13+,18-4+. The molecule has 6 nitrogen and oxygen atoms in total. The number of allylic oxidation sites excluding steroid dienone is 2. The molecule has 0 bridgehead atoms. The number of nitrogens with zero attached hydrogens (tertiary/aromatic N) is 2. The topological polar surface area (TPSA) is 70.1 Å². The number of piperazine rings is 1. The minimum absolute atomic E-state index is 0.206. The predicted octanol–water partition coefficient (Wildman–Crippen LogP) is 3.92. The summed E-state index contributed by atoms with van der Waals surface area (Å²) < 4.78 is 5.36. The number of rotatable bonds is 6. The van der Waals surface area contributed by atoms with Crippen LogP contribution in [0.25, 0.3) is 0 Å². The summed E-state index contributed by atoms with van der Waals surface area (Å²) in [5.74, 6) is -0.902. The SMILES string of the molecule is C/C=C(\C=C(/CC)C(=O)O)N1CCN(C(=O)OCc2ccc(Cl)cc2)CC1. The van der Waals surface area contributed by atoms with E-state index in [1.54, 1.807) is 23.1 Å². The normalized spacial score (nSPS) is 15.7. The Morgan fingerprint density at radius 2 is 1.74 bits per heavy atom. The van der Waals surface area contributed by atoms with Crippen LogP contribution in [-0.2, 0) is 16.1 Å². The summed E-state index contributed by atoms with van der Waals surface area (Å²) in [6.07, 6.45) is 3.72. The van der Waals surface area contributed by atoms with Crippen molar-refractivity contribution < 1.29 is 19.4 Å². The first-order chi connectivity index (χ1) is 12.9. The summed E-state index contributed by atoms with van der Waals surface area (Å²) >= 11 is 5.84. The molecule has 146 valence electrons. The number of carboxylic acids is 1. The molecule has 1 fully saturated rings. The first-order valence-corrected chi connectivity index (χ1v) is 9.33. The average Bonchev–Trinajstić information content (AvgIpc) is 2.68. The van der Waals surface area contributed by atoms with Crippen molar-refractivity contribution in [3.8, 4) is 0 Å². The van der Waals surface area contributed by atoms with E-state index in [2.05, 4.69) is 4.90 Å². The maximum Gasteiger partial charge on any atom is 0.410 e. The van der Waals surface area contributed by atoms with Crippen molar-refractivity contribution in [1.82, 2.24) is 9.80 Å². The highest BCUT2D eigenvalue weighted by Crippen LogP contribution is 2.16. The van der Waals surface area contributed by atoms with Crippen LogP contribution in [0.1, 0.15) is 25.8 Å². The van der Waals surface area contributed by atoms with E-state index in [-0.39, 0.29) is 12.7 Å². The third kappa shape index (κ3) is 6.03. The van der Waals surface area contributed by atoms with Gasteiger partial charge in [-0.05, 0) is 37.1 Å². The van der Waals surface area contributed by atoms with Crippen LogP contribution in [0.2, 0.25) is 5.02 Å². The lowest BCUT2D eigenvalue weighted by Gasteiger charge is -2.36. The van der Waals surface area contributed by atoms with Crippen molar-refractivity contribution in [2.75, 3.05) is 26.2 Å². The van der Waals surface area contributed by atoms with Gasteiger partial charge < -0.3 is 19.6 Å². The Morgan fingerprint density at radius 1 is 1.15 bits per heavy atom. The predicted molar refractivity (Wildman–Crippen MR) is 105 cm³/mol. The number of carboxylic acid groups (broad SMARTS) is 1. The zero-order valence-electron chi connectivity index (χ0n) is 15.7. The summed E-state index contributed by atoms with van der Waals surface area (Å²) in [5, 5.41) is 9.85. The third-order valence-electron chi connectivity index (χ3n) is 4.45. The van der Waals surface area contributed by atoms with E-state index in [9.17, 15) is 14.7 Å². The molecular formula is C20H25ClN2O4. The molecular weight excluding hydrogens is 368 g/mol. The quantitative estimate of drug-likeness (QED) is 0.587. The molecule has 1 heterocycles. The number of carbonyl (C=O) groups excluding carboxylic acids is 1. The molecule has 0 atom stereocenters. The largest absolute Gasteiger partial charge is 0.478 e. The highest BCUT2D eigenvalue weighted by molar-refractivity contribution is 6.30. The highest BCUT2D eigenvalue weighted by atomic mass is 35.5. The molecule has 1 aromatic carbocycles. The van der Waals surface area contributed by atoms with E-state index in [1.807, 2.05) is 32.1 Å². The van der Waals surface area contributed by atoms with Gasteiger partial charge in [0.2, 0.25) is 0 Å². The molecule has 27 heavy (non-hydrogen) atoms. The van der Waals surface area contributed by atoms with E-state index in [0.717, 1.165) is 11.3 Å². The van der Waals surface area contributed by atoms with Crippen LogP contribution in [0.15, 0.2) is 47.7 Å². The molecule has 1 aliphatic heterocycles. The first-order valence-electron chi connectivity index (χ1n) is 8.95. The Labute approximate surface area is 164 Å². The molecule has 1 N–H and O–H groups in total. The minimum atomic E-state index is -0.902. The number of amides is 1. The summed E-state index contributed by atoms with van der Waals surface area (Å²) in [6, 6.07) is 7.17. The van der Waals surface area contributed by atoms with Crippen LogP contribution in [0.3, 0.4) is 0 Å². The molecule has 1 amide bonds. The number of ether oxygens (including phenoxy) is 1. The molecule has 0 unspecified atom stereocenters. The lowest BCUT2D eigenvalue weighted by Crippen LogP contribution is -2.48. The van der Waals surface area contributed by atoms with Gasteiger partial charge in [-0.15, -0.1) is 0 Å². The second kappa shape index (κ2) is 10.0. The van der Waals surface area contributed by atoms with E-state index < -0.39 is 5.97 Å². The van der Waals surface area contributed by atoms with Gasteiger partial charge in [0.25, 0.3) is 0 Å². The molecule has 0 aliphatic carbocycles. The number of carbonyl (C=O) groups is 2. The third-order valence-corrected chi connectivity index (χ3v) is 4.70.